The van der Waals surface area contributed by atoms with Gasteiger partial charge in [-0.3, -0.25) is 4.79 Å². The van der Waals surface area contributed by atoms with Crippen LogP contribution in [0.1, 0.15) is 55.9 Å². The Kier molecular flexibility index (Phi) is 3.78. The van der Waals surface area contributed by atoms with Crippen LogP contribution >= 0.6 is 0 Å². The van der Waals surface area contributed by atoms with Crippen molar-refractivity contribution in [2.45, 2.75) is 46.0 Å². The molecule has 122 valence electrons. The maximum Gasteiger partial charge on any atom is 0.166 e. The van der Waals surface area contributed by atoms with Crippen molar-refractivity contribution in [1.82, 2.24) is 9.78 Å². The number of Topliss-reactive ketones (excluding diaryl/α,β-unsaturated/α-hetero) is 1. The number of carbonyl (C=O) groups excluding carboxylic acids is 1. The Morgan fingerprint density at radius 2 is 2.00 bits per heavy atom. The molecule has 0 saturated heterocycles. The van der Waals surface area contributed by atoms with E-state index in [9.17, 15) is 4.79 Å². The molecular formula is C19H24N2O2. The number of methoxy groups -OCH3 is 1. The third-order valence-corrected chi connectivity index (χ3v) is 4.34. The van der Waals surface area contributed by atoms with Gasteiger partial charge in [0.05, 0.1) is 29.7 Å². The van der Waals surface area contributed by atoms with Crippen molar-refractivity contribution < 1.29 is 9.53 Å². The first-order chi connectivity index (χ1) is 10.8. The average molecular weight is 312 g/mol. The zero-order chi connectivity index (χ0) is 16.8. The van der Waals surface area contributed by atoms with Gasteiger partial charge in [0.25, 0.3) is 0 Å². The van der Waals surface area contributed by atoms with Gasteiger partial charge in [-0.25, -0.2) is 4.68 Å². The summed E-state index contributed by atoms with van der Waals surface area (Å²) in [6, 6.07) is 7.83. The third kappa shape index (κ3) is 2.78. The van der Waals surface area contributed by atoms with Crippen molar-refractivity contribution in [2.75, 3.05) is 7.11 Å². The van der Waals surface area contributed by atoms with Gasteiger partial charge in [-0.15, -0.1) is 0 Å². The second kappa shape index (κ2) is 5.52. The van der Waals surface area contributed by atoms with Crippen LogP contribution in [0.3, 0.4) is 0 Å². The molecular weight excluding hydrogens is 288 g/mol. The predicted molar refractivity (Wildman–Crippen MR) is 90.6 cm³/mol. The van der Waals surface area contributed by atoms with Gasteiger partial charge in [-0.05, 0) is 24.5 Å². The SMILES string of the molecule is COc1cccc(-n2nc(C(C)(C)C)c3c2CC(C)CC3=O)c1. The molecule has 1 aromatic carbocycles. The molecule has 0 fully saturated rings. The molecule has 2 aromatic rings. The summed E-state index contributed by atoms with van der Waals surface area (Å²) in [4.78, 5) is 12.7. The van der Waals surface area contributed by atoms with Gasteiger partial charge in [0.2, 0.25) is 0 Å². The fourth-order valence-corrected chi connectivity index (χ4v) is 3.24. The first-order valence-electron chi connectivity index (χ1n) is 8.11. The van der Waals surface area contributed by atoms with Crippen molar-refractivity contribution in [3.05, 3.63) is 41.2 Å². The zero-order valence-corrected chi connectivity index (χ0v) is 14.5. The molecule has 4 heteroatoms. The van der Waals surface area contributed by atoms with Crippen LogP contribution in [0.5, 0.6) is 5.75 Å². The number of hydrogen-bond donors (Lipinski definition) is 0. The molecule has 1 aromatic heterocycles. The molecule has 0 spiro atoms. The van der Waals surface area contributed by atoms with Crippen LogP contribution in [0.15, 0.2) is 24.3 Å². The van der Waals surface area contributed by atoms with Crippen LogP contribution in [-0.2, 0) is 11.8 Å². The average Bonchev–Trinajstić information content (AvgIpc) is 2.87. The molecule has 1 heterocycles. The molecule has 4 nitrogen and oxygen atoms in total. The Labute approximate surface area is 137 Å². The summed E-state index contributed by atoms with van der Waals surface area (Å²) in [5, 5.41) is 4.83. The second-order valence-corrected chi connectivity index (χ2v) is 7.47. The molecule has 1 aliphatic rings. The predicted octanol–water partition coefficient (Wildman–Crippen LogP) is 3.94. The van der Waals surface area contributed by atoms with Gasteiger partial charge in [-0.1, -0.05) is 33.8 Å². The molecule has 0 N–H and O–H groups in total. The molecule has 23 heavy (non-hydrogen) atoms. The van der Waals surface area contributed by atoms with E-state index in [0.29, 0.717) is 12.3 Å². The normalized spacial score (nSPS) is 18.0. The number of carbonyl (C=O) groups is 1. The lowest BCUT2D eigenvalue weighted by Crippen LogP contribution is -2.22. The van der Waals surface area contributed by atoms with Crippen molar-refractivity contribution in [3.8, 4) is 11.4 Å². The van der Waals surface area contributed by atoms with E-state index in [0.717, 1.165) is 34.8 Å². The number of hydrogen-bond acceptors (Lipinski definition) is 3. The van der Waals surface area contributed by atoms with Gasteiger partial charge in [0.15, 0.2) is 5.78 Å². The van der Waals surface area contributed by atoms with E-state index in [4.69, 9.17) is 9.84 Å². The first-order valence-corrected chi connectivity index (χ1v) is 8.11. The molecule has 0 amide bonds. The van der Waals surface area contributed by atoms with E-state index in [-0.39, 0.29) is 11.2 Å². The maximum atomic E-state index is 12.7. The maximum absolute atomic E-state index is 12.7. The Bertz CT molecular complexity index is 753. The summed E-state index contributed by atoms with van der Waals surface area (Å²) in [6.45, 7) is 8.45. The van der Waals surface area contributed by atoms with Crippen molar-refractivity contribution in [2.24, 2.45) is 5.92 Å². The van der Waals surface area contributed by atoms with Crippen LogP contribution in [0.4, 0.5) is 0 Å². The quantitative estimate of drug-likeness (QED) is 0.843. The van der Waals surface area contributed by atoms with E-state index in [1.807, 2.05) is 28.9 Å². The van der Waals surface area contributed by atoms with Gasteiger partial charge in [0.1, 0.15) is 5.75 Å². The Hall–Kier alpha value is -2.10. The lowest BCUT2D eigenvalue weighted by Gasteiger charge is -2.22. The lowest BCUT2D eigenvalue weighted by molar-refractivity contribution is 0.0950. The van der Waals surface area contributed by atoms with Crippen LogP contribution in [0.25, 0.3) is 5.69 Å². The zero-order valence-electron chi connectivity index (χ0n) is 14.5. The fraction of sp³-hybridized carbons (Fsp3) is 0.474. The highest BCUT2D eigenvalue weighted by Crippen LogP contribution is 2.35. The minimum Gasteiger partial charge on any atom is -0.497 e. The van der Waals surface area contributed by atoms with Crippen LogP contribution < -0.4 is 4.74 Å². The summed E-state index contributed by atoms with van der Waals surface area (Å²) in [7, 11) is 1.66. The highest BCUT2D eigenvalue weighted by molar-refractivity contribution is 5.99. The third-order valence-electron chi connectivity index (χ3n) is 4.34. The Morgan fingerprint density at radius 3 is 2.65 bits per heavy atom. The summed E-state index contributed by atoms with van der Waals surface area (Å²) in [5.74, 6) is 1.36. The molecule has 3 rings (SSSR count). The van der Waals surface area contributed by atoms with Crippen LogP contribution in [0.2, 0.25) is 0 Å². The van der Waals surface area contributed by atoms with E-state index in [1.54, 1.807) is 7.11 Å². The molecule has 0 radical (unpaired) electrons. The van der Waals surface area contributed by atoms with Gasteiger partial charge >= 0.3 is 0 Å². The summed E-state index contributed by atoms with van der Waals surface area (Å²) < 4.78 is 7.27. The van der Waals surface area contributed by atoms with Gasteiger partial charge in [-0.2, -0.15) is 5.10 Å². The smallest absolute Gasteiger partial charge is 0.166 e. The Balaban J connectivity index is 2.23. The standard InChI is InChI=1S/C19H24N2O2/c1-12-9-15-17(16(22)10-12)18(19(2,3)4)20-21(15)13-7-6-8-14(11-13)23-5/h6-8,11-12H,9-10H2,1-5H3. The summed E-state index contributed by atoms with van der Waals surface area (Å²) in [5.41, 5.74) is 3.54. The van der Waals surface area contributed by atoms with Crippen molar-refractivity contribution in [3.63, 3.8) is 0 Å². The lowest BCUT2D eigenvalue weighted by atomic mass is 9.81. The number of rotatable bonds is 2. The molecule has 1 aliphatic carbocycles. The van der Waals surface area contributed by atoms with E-state index >= 15 is 0 Å². The number of ether oxygens (including phenoxy) is 1. The minimum atomic E-state index is -0.162. The van der Waals surface area contributed by atoms with E-state index < -0.39 is 0 Å². The molecule has 0 bridgehead atoms. The monoisotopic (exact) mass is 312 g/mol. The topological polar surface area (TPSA) is 44.1 Å². The second-order valence-electron chi connectivity index (χ2n) is 7.47. The minimum absolute atomic E-state index is 0.162. The van der Waals surface area contributed by atoms with Crippen molar-refractivity contribution >= 4 is 5.78 Å². The highest BCUT2D eigenvalue weighted by atomic mass is 16.5. The van der Waals surface area contributed by atoms with Gasteiger partial charge in [0, 0.05) is 17.9 Å². The molecule has 1 atom stereocenters. The largest absolute Gasteiger partial charge is 0.497 e. The molecule has 0 aliphatic heterocycles. The van der Waals surface area contributed by atoms with E-state index in [1.165, 1.54) is 0 Å². The molecule has 0 saturated carbocycles. The number of aromatic nitrogens is 2. The summed E-state index contributed by atoms with van der Waals surface area (Å²) >= 11 is 0. The van der Waals surface area contributed by atoms with Crippen LogP contribution in [0, 0.1) is 5.92 Å². The summed E-state index contributed by atoms with van der Waals surface area (Å²) in [6.07, 6.45) is 1.49. The Morgan fingerprint density at radius 1 is 1.26 bits per heavy atom. The number of ketones is 1. The van der Waals surface area contributed by atoms with E-state index in [2.05, 4.69) is 27.7 Å². The first kappa shape index (κ1) is 15.8. The number of nitrogens with zero attached hydrogens (tertiary/aromatic N) is 2. The van der Waals surface area contributed by atoms with Gasteiger partial charge < -0.3 is 4.74 Å². The van der Waals surface area contributed by atoms with Crippen LogP contribution in [-0.4, -0.2) is 22.7 Å². The highest BCUT2D eigenvalue weighted by Gasteiger charge is 2.34. The van der Waals surface area contributed by atoms with Crippen molar-refractivity contribution in [1.29, 1.82) is 0 Å². The number of benzene rings is 1. The molecule has 1 unspecified atom stereocenters. The fourth-order valence-electron chi connectivity index (χ4n) is 3.24. The number of fused-ring (bicyclic) bond motifs is 1.